The van der Waals surface area contributed by atoms with Crippen LogP contribution in [0.5, 0.6) is 0 Å². The molecule has 2 rings (SSSR count). The van der Waals surface area contributed by atoms with E-state index in [1.165, 1.54) is 30.5 Å². The average Bonchev–Trinajstić information content (AvgIpc) is 2.60. The summed E-state index contributed by atoms with van der Waals surface area (Å²) in [6.07, 6.45) is 1.58. The highest BCUT2D eigenvalue weighted by Gasteiger charge is 2.23. The minimum atomic E-state index is -1.48. The number of benzene rings is 2. The smallest absolute Gasteiger partial charge is 0.292 e. The number of rotatable bonds is 7. The van der Waals surface area contributed by atoms with E-state index in [0.717, 1.165) is 0 Å². The first-order valence-electron chi connectivity index (χ1n) is 8.59. The Morgan fingerprint density at radius 1 is 1.38 bits per heavy atom. The summed E-state index contributed by atoms with van der Waals surface area (Å²) in [5.74, 6) is -0.494. The van der Waals surface area contributed by atoms with Gasteiger partial charge in [0.05, 0.1) is 15.7 Å². The number of hydrogen-bond acceptors (Lipinski definition) is 4. The standard InChI is InChI=1S/C19H20BrClFN3O3S/c1-19(2,3)29(28)23-10-9-15(18-13(20)5-4-6-14(18)22)24-16-11-12(21)7-8-17(16)25(26)27/h4-8,10-11,15,24H,9H2,1-3H3/b23-10+/t15-,29-/m1/s1. The molecule has 0 radical (unpaired) electrons. The van der Waals surface area contributed by atoms with Gasteiger partial charge in [-0.25, -0.2) is 8.60 Å². The number of nitro benzene ring substituents is 1. The zero-order valence-electron chi connectivity index (χ0n) is 16.0. The Morgan fingerprint density at radius 3 is 2.66 bits per heavy atom. The first kappa shape index (κ1) is 23.4. The number of nitro groups is 1. The average molecular weight is 505 g/mol. The Morgan fingerprint density at radius 2 is 2.07 bits per heavy atom. The molecule has 2 atom stereocenters. The van der Waals surface area contributed by atoms with Gasteiger partial charge in [0.15, 0.2) is 0 Å². The molecule has 2 aromatic rings. The van der Waals surface area contributed by atoms with Gasteiger partial charge in [-0.1, -0.05) is 33.6 Å². The first-order chi connectivity index (χ1) is 13.5. The van der Waals surface area contributed by atoms with E-state index < -0.39 is 32.5 Å². The molecule has 29 heavy (non-hydrogen) atoms. The molecule has 0 fully saturated rings. The lowest BCUT2D eigenvalue weighted by molar-refractivity contribution is -0.384. The maximum Gasteiger partial charge on any atom is 0.292 e. The minimum Gasteiger partial charge on any atom is -0.372 e. The third-order valence-corrected chi connectivity index (χ3v) is 6.18. The summed E-state index contributed by atoms with van der Waals surface area (Å²) in [6.45, 7) is 5.37. The molecule has 156 valence electrons. The van der Waals surface area contributed by atoms with E-state index in [1.54, 1.807) is 32.9 Å². The lowest BCUT2D eigenvalue weighted by Gasteiger charge is -2.21. The van der Waals surface area contributed by atoms with Gasteiger partial charge < -0.3 is 5.32 Å². The van der Waals surface area contributed by atoms with Crippen molar-refractivity contribution in [2.75, 3.05) is 5.32 Å². The minimum absolute atomic E-state index is 0.144. The van der Waals surface area contributed by atoms with Crippen molar-refractivity contribution in [2.45, 2.75) is 38.0 Å². The normalized spacial score (nSPS) is 14.0. The molecule has 0 saturated heterocycles. The van der Waals surface area contributed by atoms with Gasteiger partial charge in [0, 0.05) is 33.8 Å². The zero-order chi connectivity index (χ0) is 21.8. The van der Waals surface area contributed by atoms with Crippen LogP contribution in [0.1, 0.15) is 38.8 Å². The van der Waals surface area contributed by atoms with Gasteiger partial charge in [-0.2, -0.15) is 4.40 Å². The molecule has 2 aromatic carbocycles. The molecule has 0 spiro atoms. The highest BCUT2D eigenvalue weighted by atomic mass is 79.9. The first-order valence-corrected chi connectivity index (χ1v) is 10.9. The molecule has 0 aliphatic heterocycles. The summed E-state index contributed by atoms with van der Waals surface area (Å²) in [7, 11) is -1.48. The van der Waals surface area contributed by atoms with Crippen LogP contribution in [0.3, 0.4) is 0 Å². The van der Waals surface area contributed by atoms with Crippen molar-refractivity contribution in [3.63, 3.8) is 0 Å². The number of nitrogens with zero attached hydrogens (tertiary/aromatic N) is 2. The van der Waals surface area contributed by atoms with E-state index in [4.69, 9.17) is 11.6 Å². The lowest BCUT2D eigenvalue weighted by atomic mass is 10.0. The summed E-state index contributed by atoms with van der Waals surface area (Å²) < 4.78 is 30.7. The molecule has 0 saturated carbocycles. The largest absolute Gasteiger partial charge is 0.372 e. The maximum atomic E-state index is 14.6. The van der Waals surface area contributed by atoms with Crippen molar-refractivity contribution < 1.29 is 13.5 Å². The van der Waals surface area contributed by atoms with Crippen molar-refractivity contribution in [3.05, 3.63) is 67.4 Å². The summed E-state index contributed by atoms with van der Waals surface area (Å²) in [4.78, 5) is 10.8. The number of nitrogens with one attached hydrogen (secondary N) is 1. The van der Waals surface area contributed by atoms with Crippen molar-refractivity contribution in [1.29, 1.82) is 0 Å². The van der Waals surface area contributed by atoms with Crippen molar-refractivity contribution in [3.8, 4) is 0 Å². The molecular formula is C19H20BrClFN3O3S. The van der Waals surface area contributed by atoms with Crippen LogP contribution in [0.25, 0.3) is 0 Å². The van der Waals surface area contributed by atoms with Crippen LogP contribution in [-0.2, 0) is 11.0 Å². The van der Waals surface area contributed by atoms with E-state index in [2.05, 4.69) is 25.6 Å². The molecule has 0 aromatic heterocycles. The van der Waals surface area contributed by atoms with Crippen molar-refractivity contribution in [1.82, 2.24) is 0 Å². The number of hydrogen-bond donors (Lipinski definition) is 1. The van der Waals surface area contributed by atoms with Gasteiger partial charge in [-0.05, 0) is 45.0 Å². The Kier molecular flexibility index (Phi) is 7.90. The highest BCUT2D eigenvalue weighted by Crippen LogP contribution is 2.35. The topological polar surface area (TPSA) is 84.6 Å². The SMILES string of the molecule is CC(C)(C)[S@@](=O)/N=C/C[C@@H](Nc1cc(Cl)ccc1[N+](=O)[O-])c1c(F)cccc1Br. The Balaban J connectivity index is 2.44. The summed E-state index contributed by atoms with van der Waals surface area (Å²) >= 11 is 9.33. The fourth-order valence-corrected chi connectivity index (χ4v) is 3.77. The molecule has 0 aliphatic carbocycles. The molecule has 0 aliphatic rings. The van der Waals surface area contributed by atoms with E-state index in [0.29, 0.717) is 9.50 Å². The molecular weight excluding hydrogens is 485 g/mol. The highest BCUT2D eigenvalue weighted by molar-refractivity contribution is 9.10. The molecule has 0 heterocycles. The molecule has 0 bridgehead atoms. The van der Waals surface area contributed by atoms with Crippen LogP contribution in [0.4, 0.5) is 15.8 Å². The molecule has 1 N–H and O–H groups in total. The van der Waals surface area contributed by atoms with E-state index in [-0.39, 0.29) is 23.4 Å². The number of halogens is 3. The Bertz CT molecular complexity index is 946. The van der Waals surface area contributed by atoms with Crippen LogP contribution in [-0.4, -0.2) is 20.1 Å². The van der Waals surface area contributed by atoms with Crippen molar-refractivity contribution in [2.24, 2.45) is 4.40 Å². The van der Waals surface area contributed by atoms with Gasteiger partial charge in [0.25, 0.3) is 5.69 Å². The zero-order valence-corrected chi connectivity index (χ0v) is 19.1. The predicted octanol–water partition coefficient (Wildman–Crippen LogP) is 6.23. The summed E-state index contributed by atoms with van der Waals surface area (Å²) in [6, 6.07) is 7.89. The summed E-state index contributed by atoms with van der Waals surface area (Å²) in [5.41, 5.74) is 0.227. The van der Waals surface area contributed by atoms with E-state index in [9.17, 15) is 18.7 Å². The maximum absolute atomic E-state index is 14.6. The molecule has 0 unspecified atom stereocenters. The van der Waals surface area contributed by atoms with Gasteiger partial charge in [-0.15, -0.1) is 0 Å². The second kappa shape index (κ2) is 9.77. The van der Waals surface area contributed by atoms with Crippen molar-refractivity contribution >= 4 is 56.1 Å². The van der Waals surface area contributed by atoms with E-state index in [1.807, 2.05) is 0 Å². The van der Waals surface area contributed by atoms with Gasteiger partial charge in [0.2, 0.25) is 0 Å². The molecule has 6 nitrogen and oxygen atoms in total. The number of anilines is 1. The van der Waals surface area contributed by atoms with Crippen LogP contribution in [0, 0.1) is 15.9 Å². The second-order valence-corrected chi connectivity index (χ2v) is 10.4. The van der Waals surface area contributed by atoms with Crippen LogP contribution >= 0.6 is 27.5 Å². The Labute approximate surface area is 184 Å². The monoisotopic (exact) mass is 503 g/mol. The molecule has 10 heteroatoms. The molecule has 0 amide bonds. The predicted molar refractivity (Wildman–Crippen MR) is 120 cm³/mol. The Hall–Kier alpha value is -1.84. The van der Waals surface area contributed by atoms with Gasteiger partial charge >= 0.3 is 0 Å². The van der Waals surface area contributed by atoms with Gasteiger partial charge in [-0.3, -0.25) is 10.1 Å². The second-order valence-electron chi connectivity index (χ2n) is 7.14. The lowest BCUT2D eigenvalue weighted by Crippen LogP contribution is -2.20. The van der Waals surface area contributed by atoms with Crippen LogP contribution in [0.2, 0.25) is 5.02 Å². The quantitative estimate of drug-likeness (QED) is 0.275. The third-order valence-electron chi connectivity index (χ3n) is 3.87. The van der Waals surface area contributed by atoms with Gasteiger partial charge in [0.1, 0.15) is 22.5 Å². The van der Waals surface area contributed by atoms with E-state index >= 15 is 0 Å². The summed E-state index contributed by atoms with van der Waals surface area (Å²) in [5, 5.41) is 14.7. The van der Waals surface area contributed by atoms with Crippen LogP contribution < -0.4 is 5.32 Å². The fourth-order valence-electron chi connectivity index (χ4n) is 2.44. The third kappa shape index (κ3) is 6.32. The van der Waals surface area contributed by atoms with Crippen LogP contribution in [0.15, 0.2) is 45.3 Å². The fraction of sp³-hybridized carbons (Fsp3) is 0.316.